The van der Waals surface area contributed by atoms with Crippen LogP contribution in [0.15, 0.2) is 18.2 Å². The van der Waals surface area contributed by atoms with Crippen LogP contribution < -0.4 is 5.30 Å². The van der Waals surface area contributed by atoms with Crippen LogP contribution in [0.4, 0.5) is 0 Å². The van der Waals surface area contributed by atoms with Gasteiger partial charge in [0.25, 0.3) is 0 Å². The van der Waals surface area contributed by atoms with Gasteiger partial charge >= 0.3 is 0 Å². The van der Waals surface area contributed by atoms with Gasteiger partial charge in [-0.3, -0.25) is 0 Å². The van der Waals surface area contributed by atoms with Gasteiger partial charge in [-0.05, 0) is 86.5 Å². The van der Waals surface area contributed by atoms with E-state index in [0.29, 0.717) is 11.8 Å². The largest absolute Gasteiger partial charge is 0.304 e. The van der Waals surface area contributed by atoms with Crippen molar-refractivity contribution in [1.82, 2.24) is 0 Å². The smallest absolute Gasteiger partial charge is 0.0670 e. The molecule has 1 aromatic carbocycles. The Hall–Kier alpha value is 0.602. The first kappa shape index (κ1) is 22.9. The van der Waals surface area contributed by atoms with Crippen molar-refractivity contribution < 1.29 is 20.4 Å². The summed E-state index contributed by atoms with van der Waals surface area (Å²) >= 11 is 6.81. The topological polar surface area (TPSA) is 0 Å². The molecule has 2 saturated carbocycles. The summed E-state index contributed by atoms with van der Waals surface area (Å²) in [5.74, 6) is 1.17. The summed E-state index contributed by atoms with van der Waals surface area (Å²) in [6, 6.07) is 7.56. The van der Waals surface area contributed by atoms with E-state index < -0.39 is 7.26 Å². The molecule has 2 aliphatic carbocycles. The molecule has 0 aliphatic heterocycles. The van der Waals surface area contributed by atoms with Gasteiger partial charge in [-0.25, -0.2) is 0 Å². The molecule has 0 N–H and O–H groups in total. The normalized spacial score (nSPS) is 19.5. The van der Waals surface area contributed by atoms with Gasteiger partial charge in [-0.15, -0.1) is 0 Å². The Morgan fingerprint density at radius 2 is 1.19 bits per heavy atom. The van der Waals surface area contributed by atoms with Crippen molar-refractivity contribution >= 4 is 24.2 Å². The molecule has 0 radical (unpaired) electrons. The van der Waals surface area contributed by atoms with Crippen LogP contribution in [0, 0.1) is 5.62 Å². The summed E-state index contributed by atoms with van der Waals surface area (Å²) < 4.78 is 0. The molecule has 0 spiro atoms. The number of hydrogen-bond acceptors (Lipinski definition) is 0. The molecule has 26 heavy (non-hydrogen) atoms. The average Bonchev–Trinajstić information content (AvgIpc) is 3.30. The predicted octanol–water partition coefficient (Wildman–Crippen LogP) is 7.82. The molecule has 0 saturated heterocycles. The fourth-order valence-corrected chi connectivity index (χ4v) is 11.5. The number of rotatable bonds is 6. The Morgan fingerprint density at radius 3 is 1.50 bits per heavy atom. The quantitative estimate of drug-likeness (QED) is 0.219. The first-order valence-electron chi connectivity index (χ1n) is 10.5. The van der Waals surface area contributed by atoms with E-state index in [1.54, 1.807) is 5.30 Å². The predicted molar refractivity (Wildman–Crippen MR) is 116 cm³/mol. The molecule has 3 heteroatoms. The second-order valence-electron chi connectivity index (χ2n) is 8.98. The van der Waals surface area contributed by atoms with Crippen molar-refractivity contribution in [3.8, 4) is 0 Å². The molecule has 150 valence electrons. The Kier molecular flexibility index (Phi) is 8.70. The van der Waals surface area contributed by atoms with Gasteiger partial charge in [0.1, 0.15) is 0 Å². The van der Waals surface area contributed by atoms with Gasteiger partial charge in [0.05, 0.1) is 5.30 Å². The van der Waals surface area contributed by atoms with Crippen LogP contribution in [0.2, 0.25) is 0 Å². The number of hydrogen-bond donors (Lipinski definition) is 0. The molecule has 0 bridgehead atoms. The summed E-state index contributed by atoms with van der Waals surface area (Å²) in [5, 5.41) is 1.64. The molecule has 2 fully saturated rings. The molecule has 0 heterocycles. The summed E-state index contributed by atoms with van der Waals surface area (Å²) in [6.07, 6.45) is 11.2. The van der Waals surface area contributed by atoms with Crippen molar-refractivity contribution in [1.29, 1.82) is 0 Å². The summed E-state index contributed by atoms with van der Waals surface area (Å²) in [7, 11) is -1.42. The second-order valence-corrected chi connectivity index (χ2v) is 13.4. The van der Waals surface area contributed by atoms with E-state index in [9.17, 15) is 0 Å². The minimum Gasteiger partial charge on any atom is -0.304 e. The molecule has 0 unspecified atom stereocenters. The Bertz CT molecular complexity index is 529. The Labute approximate surface area is 181 Å². The van der Waals surface area contributed by atoms with Crippen LogP contribution >= 0.6 is 18.9 Å². The van der Waals surface area contributed by atoms with E-state index in [1.165, 1.54) is 62.5 Å². The van der Waals surface area contributed by atoms with Crippen LogP contribution in [0.1, 0.15) is 102 Å². The zero-order valence-corrected chi connectivity index (χ0v) is 20.1. The maximum atomic E-state index is 6.81. The van der Waals surface area contributed by atoms with Gasteiger partial charge < -0.3 is 11.6 Å². The summed E-state index contributed by atoms with van der Waals surface area (Å²) in [4.78, 5) is 0. The zero-order chi connectivity index (χ0) is 18.0. The maximum Gasteiger partial charge on any atom is 0.0670 e. The Morgan fingerprint density at radius 1 is 0.808 bits per heavy atom. The SMILES string of the molecule is CC(C)c1cc(C(C)C)cc([P+]([CH-]Cl)(C2CCCC2)C2CCCC2)c1.[Pd]. The second kappa shape index (κ2) is 9.88. The molecule has 3 rings (SSSR count). The van der Waals surface area contributed by atoms with E-state index >= 15 is 0 Å². The van der Waals surface area contributed by atoms with Crippen molar-refractivity contribution in [3.63, 3.8) is 0 Å². The van der Waals surface area contributed by atoms with Crippen molar-refractivity contribution in [2.24, 2.45) is 0 Å². The van der Waals surface area contributed by atoms with E-state index in [4.69, 9.17) is 11.6 Å². The van der Waals surface area contributed by atoms with Crippen LogP contribution in [0.3, 0.4) is 0 Å². The standard InChI is InChI=1S/C23H36ClP.Pd/c1-17(2)19-13-20(18(3)4)15-23(14-19)25(16-24,21-9-5-6-10-21)22-11-7-8-12-22;/h13-18,21-22H,5-12H2,1-4H3;. The summed E-state index contributed by atoms with van der Waals surface area (Å²) in [5.41, 5.74) is 6.94. The monoisotopic (exact) mass is 484 g/mol. The van der Waals surface area contributed by atoms with Gasteiger partial charge in [0.2, 0.25) is 0 Å². The third-order valence-electron chi connectivity index (χ3n) is 6.76. The molecule has 0 nitrogen and oxygen atoms in total. The Balaban J connectivity index is 0.00000243. The molecule has 2 aliphatic rings. The zero-order valence-electron chi connectivity index (χ0n) is 16.9. The molecule has 0 aromatic heterocycles. The van der Waals surface area contributed by atoms with Gasteiger partial charge in [-0.1, -0.05) is 46.6 Å². The molecule has 0 atom stereocenters. The van der Waals surface area contributed by atoms with Gasteiger partial charge in [-0.2, -0.15) is 0 Å². The molecular weight excluding hydrogens is 449 g/mol. The number of benzene rings is 1. The third-order valence-corrected chi connectivity index (χ3v) is 12.7. The summed E-state index contributed by atoms with van der Waals surface area (Å²) in [6.45, 7) is 9.33. The van der Waals surface area contributed by atoms with Crippen molar-refractivity contribution in [2.75, 3.05) is 0 Å². The van der Waals surface area contributed by atoms with E-state index in [0.717, 1.165) is 11.3 Å². The molecule has 1 aromatic rings. The fourth-order valence-electron chi connectivity index (χ4n) is 5.15. The third kappa shape index (κ3) is 4.43. The van der Waals surface area contributed by atoms with E-state index in [2.05, 4.69) is 51.5 Å². The van der Waals surface area contributed by atoms with Crippen LogP contribution in [0.5, 0.6) is 0 Å². The van der Waals surface area contributed by atoms with Crippen LogP contribution in [-0.4, -0.2) is 11.3 Å². The van der Waals surface area contributed by atoms with E-state index in [-0.39, 0.29) is 20.4 Å². The number of halogens is 1. The molecule has 0 amide bonds. The minimum atomic E-state index is -1.42. The first-order valence-corrected chi connectivity index (χ1v) is 12.9. The van der Waals surface area contributed by atoms with Crippen molar-refractivity contribution in [2.45, 2.75) is 102 Å². The first-order chi connectivity index (χ1) is 12.0. The van der Waals surface area contributed by atoms with Gasteiger partial charge in [0.15, 0.2) is 0 Å². The minimum absolute atomic E-state index is 0. The van der Waals surface area contributed by atoms with Crippen LogP contribution in [0.25, 0.3) is 0 Å². The molecular formula is C23H36ClPPd. The van der Waals surface area contributed by atoms with Crippen molar-refractivity contribution in [3.05, 3.63) is 34.9 Å². The van der Waals surface area contributed by atoms with Crippen LogP contribution in [-0.2, 0) is 20.4 Å². The maximum absolute atomic E-state index is 6.81. The fraction of sp³-hybridized carbons (Fsp3) is 0.696. The van der Waals surface area contributed by atoms with Gasteiger partial charge in [0, 0.05) is 31.7 Å². The average molecular weight is 485 g/mol. The van der Waals surface area contributed by atoms with E-state index in [1.807, 2.05) is 0 Å².